The lowest BCUT2D eigenvalue weighted by molar-refractivity contribution is 0.754. The van der Waals surface area contributed by atoms with Gasteiger partial charge in [0.15, 0.2) is 5.96 Å². The van der Waals surface area contributed by atoms with E-state index in [2.05, 4.69) is 32.7 Å². The molecular formula is C10H17N5. The van der Waals surface area contributed by atoms with E-state index in [1.165, 1.54) is 6.42 Å². The minimum atomic E-state index is 0.595. The summed E-state index contributed by atoms with van der Waals surface area (Å²) in [5, 5.41) is 13.4. The van der Waals surface area contributed by atoms with Gasteiger partial charge in [0.2, 0.25) is 0 Å². The minimum absolute atomic E-state index is 0.595. The second-order valence-electron chi connectivity index (χ2n) is 3.97. The van der Waals surface area contributed by atoms with Crippen LogP contribution in [0.2, 0.25) is 0 Å². The highest BCUT2D eigenvalue weighted by Gasteiger charge is 2.33. The Morgan fingerprint density at radius 1 is 1.73 bits per heavy atom. The van der Waals surface area contributed by atoms with Crippen LogP contribution >= 0.6 is 0 Å². The third-order valence-electron chi connectivity index (χ3n) is 2.66. The predicted octanol–water partition coefficient (Wildman–Crippen LogP) is 0.483. The third-order valence-corrected chi connectivity index (χ3v) is 2.66. The van der Waals surface area contributed by atoms with Crippen LogP contribution in [-0.4, -0.2) is 29.2 Å². The molecule has 2 rings (SSSR count). The maximum atomic E-state index is 4.16. The molecule has 0 aromatic carbocycles. The molecule has 1 aliphatic rings. The first-order valence-corrected chi connectivity index (χ1v) is 5.25. The van der Waals surface area contributed by atoms with Crippen molar-refractivity contribution in [2.24, 2.45) is 10.9 Å². The Hall–Kier alpha value is -1.52. The Morgan fingerprint density at radius 2 is 2.53 bits per heavy atom. The van der Waals surface area contributed by atoms with Crippen molar-refractivity contribution in [3.8, 4) is 0 Å². The minimum Gasteiger partial charge on any atom is -0.353 e. The normalized spacial score (nSPS) is 25.1. The van der Waals surface area contributed by atoms with E-state index in [-0.39, 0.29) is 0 Å². The van der Waals surface area contributed by atoms with Crippen molar-refractivity contribution in [2.75, 3.05) is 7.05 Å². The van der Waals surface area contributed by atoms with Gasteiger partial charge in [0.1, 0.15) is 0 Å². The van der Waals surface area contributed by atoms with Crippen LogP contribution in [0.15, 0.2) is 17.3 Å². The van der Waals surface area contributed by atoms with Gasteiger partial charge in [0.25, 0.3) is 0 Å². The van der Waals surface area contributed by atoms with Gasteiger partial charge in [0, 0.05) is 19.3 Å². The maximum absolute atomic E-state index is 4.16. The van der Waals surface area contributed by atoms with Gasteiger partial charge in [-0.15, -0.1) is 0 Å². The molecule has 0 radical (unpaired) electrons. The molecule has 2 unspecified atom stereocenters. The molecule has 5 heteroatoms. The van der Waals surface area contributed by atoms with Crippen LogP contribution < -0.4 is 10.6 Å². The molecule has 0 amide bonds. The number of nitrogens with zero attached hydrogens (tertiary/aromatic N) is 2. The predicted molar refractivity (Wildman–Crippen MR) is 59.5 cm³/mol. The fourth-order valence-electron chi connectivity index (χ4n) is 1.46. The van der Waals surface area contributed by atoms with Gasteiger partial charge < -0.3 is 10.6 Å². The van der Waals surface area contributed by atoms with Crippen LogP contribution in [0.3, 0.4) is 0 Å². The molecule has 0 saturated heterocycles. The zero-order valence-electron chi connectivity index (χ0n) is 9.12. The van der Waals surface area contributed by atoms with Crippen LogP contribution in [0.5, 0.6) is 0 Å². The molecule has 15 heavy (non-hydrogen) atoms. The molecule has 1 saturated carbocycles. The molecule has 0 aliphatic heterocycles. The molecule has 1 aromatic heterocycles. The van der Waals surface area contributed by atoms with Crippen LogP contribution in [0.1, 0.15) is 19.0 Å². The highest BCUT2D eigenvalue weighted by molar-refractivity contribution is 5.80. The number of aliphatic imine (C=N–C) groups is 1. The molecule has 1 aromatic rings. The molecule has 82 valence electrons. The van der Waals surface area contributed by atoms with Gasteiger partial charge in [-0.1, -0.05) is 6.92 Å². The number of guanidine groups is 1. The zero-order chi connectivity index (χ0) is 10.7. The highest BCUT2D eigenvalue weighted by Crippen LogP contribution is 2.28. The molecule has 1 heterocycles. The molecule has 2 atom stereocenters. The summed E-state index contributed by atoms with van der Waals surface area (Å²) < 4.78 is 0. The molecular weight excluding hydrogens is 190 g/mol. The standard InChI is InChI=1S/C10H17N5/c1-7-5-9(7)14-10(11-2)12-6-8-3-4-13-15-8/h3-4,7,9H,5-6H2,1-2H3,(H,13,15)(H2,11,12,14). The maximum Gasteiger partial charge on any atom is 0.191 e. The fraction of sp³-hybridized carbons (Fsp3) is 0.600. The van der Waals surface area contributed by atoms with E-state index in [4.69, 9.17) is 0 Å². The molecule has 1 aliphatic carbocycles. The van der Waals surface area contributed by atoms with E-state index >= 15 is 0 Å². The number of aromatic amines is 1. The van der Waals surface area contributed by atoms with Crippen LogP contribution in [0.25, 0.3) is 0 Å². The number of rotatable bonds is 3. The molecule has 5 nitrogen and oxygen atoms in total. The average Bonchev–Trinajstić information content (AvgIpc) is 2.74. The number of hydrogen-bond donors (Lipinski definition) is 3. The first kappa shape index (κ1) is 10.0. The van der Waals surface area contributed by atoms with Crippen molar-refractivity contribution in [3.63, 3.8) is 0 Å². The average molecular weight is 207 g/mol. The number of aromatic nitrogens is 2. The lowest BCUT2D eigenvalue weighted by Crippen LogP contribution is -2.38. The van der Waals surface area contributed by atoms with Gasteiger partial charge in [-0.2, -0.15) is 5.10 Å². The Labute approximate surface area is 89.4 Å². The fourth-order valence-corrected chi connectivity index (χ4v) is 1.46. The third kappa shape index (κ3) is 2.71. The van der Waals surface area contributed by atoms with Gasteiger partial charge in [-0.05, 0) is 18.4 Å². The summed E-state index contributed by atoms with van der Waals surface area (Å²) in [6.45, 7) is 2.96. The van der Waals surface area contributed by atoms with Crippen molar-refractivity contribution in [1.82, 2.24) is 20.8 Å². The monoisotopic (exact) mass is 207 g/mol. The Balaban J connectivity index is 1.76. The Kier molecular flexibility index (Phi) is 2.89. The van der Waals surface area contributed by atoms with Crippen molar-refractivity contribution < 1.29 is 0 Å². The molecule has 0 spiro atoms. The highest BCUT2D eigenvalue weighted by atomic mass is 15.2. The molecule has 1 fully saturated rings. The second kappa shape index (κ2) is 4.33. The zero-order valence-corrected chi connectivity index (χ0v) is 9.12. The quantitative estimate of drug-likeness (QED) is 0.499. The summed E-state index contributed by atoms with van der Waals surface area (Å²) in [7, 11) is 1.79. The van der Waals surface area contributed by atoms with Crippen LogP contribution in [0.4, 0.5) is 0 Å². The van der Waals surface area contributed by atoms with E-state index in [0.717, 1.165) is 24.1 Å². The smallest absolute Gasteiger partial charge is 0.191 e. The first-order valence-electron chi connectivity index (χ1n) is 5.25. The van der Waals surface area contributed by atoms with Gasteiger partial charge in [0.05, 0.1) is 12.2 Å². The SMILES string of the molecule is CN=C(NCc1ccn[nH]1)NC1CC1C. The van der Waals surface area contributed by atoms with Crippen LogP contribution in [-0.2, 0) is 6.54 Å². The number of H-pyrrole nitrogens is 1. The first-order chi connectivity index (χ1) is 7.29. The number of hydrogen-bond acceptors (Lipinski definition) is 2. The summed E-state index contributed by atoms with van der Waals surface area (Å²) in [4.78, 5) is 4.16. The summed E-state index contributed by atoms with van der Waals surface area (Å²) >= 11 is 0. The largest absolute Gasteiger partial charge is 0.353 e. The molecule has 0 bridgehead atoms. The van der Waals surface area contributed by atoms with E-state index in [0.29, 0.717) is 6.04 Å². The summed E-state index contributed by atoms with van der Waals surface area (Å²) in [6.07, 6.45) is 2.99. The van der Waals surface area contributed by atoms with Crippen molar-refractivity contribution >= 4 is 5.96 Å². The van der Waals surface area contributed by atoms with E-state index in [1.54, 1.807) is 13.2 Å². The lowest BCUT2D eigenvalue weighted by Gasteiger charge is -2.10. The van der Waals surface area contributed by atoms with E-state index < -0.39 is 0 Å². The van der Waals surface area contributed by atoms with Gasteiger partial charge in [-0.3, -0.25) is 10.1 Å². The van der Waals surface area contributed by atoms with Crippen LogP contribution in [0, 0.1) is 5.92 Å². The number of nitrogens with one attached hydrogen (secondary N) is 3. The van der Waals surface area contributed by atoms with Crippen molar-refractivity contribution in [2.45, 2.75) is 25.9 Å². The summed E-state index contributed by atoms with van der Waals surface area (Å²) in [6, 6.07) is 2.54. The van der Waals surface area contributed by atoms with Gasteiger partial charge in [-0.25, -0.2) is 0 Å². The van der Waals surface area contributed by atoms with Crippen molar-refractivity contribution in [1.29, 1.82) is 0 Å². The lowest BCUT2D eigenvalue weighted by atomic mass is 10.4. The Bertz CT molecular complexity index is 330. The second-order valence-corrected chi connectivity index (χ2v) is 3.97. The van der Waals surface area contributed by atoms with Crippen molar-refractivity contribution in [3.05, 3.63) is 18.0 Å². The van der Waals surface area contributed by atoms with Gasteiger partial charge >= 0.3 is 0 Å². The summed E-state index contributed by atoms with van der Waals surface area (Å²) in [5.41, 5.74) is 1.06. The molecule has 3 N–H and O–H groups in total. The van der Waals surface area contributed by atoms with E-state index in [1.807, 2.05) is 6.07 Å². The van der Waals surface area contributed by atoms with E-state index in [9.17, 15) is 0 Å². The summed E-state index contributed by atoms with van der Waals surface area (Å²) in [5.74, 6) is 1.63. The Morgan fingerprint density at radius 3 is 3.07 bits per heavy atom. The topological polar surface area (TPSA) is 65.1 Å².